The van der Waals surface area contributed by atoms with Gasteiger partial charge in [-0.15, -0.1) is 0 Å². The molecule has 0 bridgehead atoms. The Labute approximate surface area is 333 Å². The molecule has 15 nitrogen and oxygen atoms in total. The van der Waals surface area contributed by atoms with Crippen LogP contribution in [0.1, 0.15) is 55.4 Å². The normalized spacial score (nSPS) is 8.70. The van der Waals surface area contributed by atoms with Crippen LogP contribution in [0, 0.1) is 0 Å². The maximum absolute atomic E-state index is 9.98. The van der Waals surface area contributed by atoms with Gasteiger partial charge in [-0.1, -0.05) is 36.4 Å². The van der Waals surface area contributed by atoms with Gasteiger partial charge >= 0.3 is 29.6 Å². The monoisotopic (exact) mass is 742 g/mol. The number of nitrogens with zero attached hydrogens (tertiary/aromatic N) is 2. The number of carbonyl (C=O) groups is 5. The van der Waals surface area contributed by atoms with E-state index in [9.17, 15) is 14.4 Å². The molecule has 2 aromatic carbocycles. The maximum Gasteiger partial charge on any atom is 1.00 e. The molecule has 0 amide bonds. The Morgan fingerprint density at radius 1 is 0.642 bits per heavy atom. The van der Waals surface area contributed by atoms with Gasteiger partial charge < -0.3 is 46.0 Å². The van der Waals surface area contributed by atoms with Crippen molar-refractivity contribution < 1.29 is 73.1 Å². The Kier molecular flexibility index (Phi) is 31.8. The second-order valence-electron chi connectivity index (χ2n) is 10.4. The molecule has 4 rings (SSSR count). The van der Waals surface area contributed by atoms with E-state index >= 15 is 0 Å². The molecule has 0 aliphatic heterocycles. The average molecular weight is 743 g/mol. The van der Waals surface area contributed by atoms with E-state index < -0.39 is 23.9 Å². The minimum Gasteiger partial charge on any atom is -0.702 e. The van der Waals surface area contributed by atoms with Gasteiger partial charge in [-0.2, -0.15) is 0 Å². The zero-order valence-corrected chi connectivity index (χ0v) is 33.6. The van der Waals surface area contributed by atoms with Crippen LogP contribution in [0.25, 0.3) is 0 Å². The molecule has 0 unspecified atom stereocenters. The number of hydrogen-bond acceptors (Lipinski definition) is 13. The van der Waals surface area contributed by atoms with Gasteiger partial charge in [0.1, 0.15) is 13.5 Å². The number of hydrogen-bond donors (Lipinski definition) is 6. The number of rotatable bonds is 8. The molecule has 0 aliphatic carbocycles. The van der Waals surface area contributed by atoms with Gasteiger partial charge in [-0.05, 0) is 76.2 Å². The van der Waals surface area contributed by atoms with Crippen molar-refractivity contribution in [3.63, 3.8) is 0 Å². The van der Waals surface area contributed by atoms with Crippen LogP contribution in [0.2, 0.25) is 0 Å². The van der Waals surface area contributed by atoms with Crippen LogP contribution in [0.15, 0.2) is 97.3 Å². The SMILES string of the molecule is CC(=O)O.CC(=O)O.CC(=O)O[B-]OC(C)=O.CC(C)=O.CC(C)Nc1cccnc1Nc1ccccc1.Nc1cccnc1Nc1ccccc1.[Na+]. The Morgan fingerprint density at radius 2 is 1.00 bits per heavy atom. The molecule has 4 aromatic rings. The molecule has 17 heteroatoms. The van der Waals surface area contributed by atoms with E-state index in [1.807, 2.05) is 84.9 Å². The summed E-state index contributed by atoms with van der Waals surface area (Å²) in [4.78, 5) is 55.9. The molecule has 2 heterocycles. The first-order valence-electron chi connectivity index (χ1n) is 15.5. The van der Waals surface area contributed by atoms with Gasteiger partial charge in [0.15, 0.2) is 11.6 Å². The Balaban J connectivity index is -0.000000625. The smallest absolute Gasteiger partial charge is 0.702 e. The summed E-state index contributed by atoms with van der Waals surface area (Å²) < 4.78 is 8.29. The number of ketones is 1. The predicted molar refractivity (Wildman–Crippen MR) is 203 cm³/mol. The van der Waals surface area contributed by atoms with E-state index in [4.69, 9.17) is 25.5 Å². The number of aromatic nitrogens is 2. The Bertz CT molecular complexity index is 1570. The van der Waals surface area contributed by atoms with Crippen molar-refractivity contribution in [2.75, 3.05) is 21.7 Å². The third kappa shape index (κ3) is 36.2. The average Bonchev–Trinajstić information content (AvgIpc) is 3.03. The molecule has 280 valence electrons. The first-order valence-corrected chi connectivity index (χ1v) is 15.5. The number of para-hydroxylation sites is 2. The Morgan fingerprint density at radius 3 is 1.36 bits per heavy atom. The largest absolute Gasteiger partial charge is 1.00 e. The number of anilines is 6. The fourth-order valence-electron chi connectivity index (χ4n) is 2.93. The van der Waals surface area contributed by atoms with Crippen molar-refractivity contribution in [3.05, 3.63) is 97.3 Å². The number of benzene rings is 2. The molecule has 53 heavy (non-hydrogen) atoms. The molecular formula is C36H48BN6NaO9. The van der Waals surface area contributed by atoms with Gasteiger partial charge in [0.05, 0.1) is 11.4 Å². The van der Waals surface area contributed by atoms with Crippen molar-refractivity contribution in [2.24, 2.45) is 0 Å². The van der Waals surface area contributed by atoms with Crippen LogP contribution >= 0.6 is 0 Å². The number of pyridine rings is 2. The van der Waals surface area contributed by atoms with E-state index in [1.165, 1.54) is 27.7 Å². The fraction of sp³-hybridized carbons (Fsp3) is 0.250. The van der Waals surface area contributed by atoms with Gasteiger partial charge in [-0.3, -0.25) is 19.2 Å². The summed E-state index contributed by atoms with van der Waals surface area (Å²) in [6.45, 7) is 11.9. The maximum atomic E-state index is 9.98. The van der Waals surface area contributed by atoms with Crippen LogP contribution in [-0.2, 0) is 33.3 Å². The van der Waals surface area contributed by atoms with E-state index in [-0.39, 0.29) is 35.3 Å². The molecule has 0 spiro atoms. The summed E-state index contributed by atoms with van der Waals surface area (Å²) in [5.41, 5.74) is 9.44. The summed E-state index contributed by atoms with van der Waals surface area (Å²) in [6, 6.07) is 27.8. The number of carbonyl (C=O) groups excluding carboxylic acids is 3. The van der Waals surface area contributed by atoms with E-state index in [2.05, 4.69) is 49.1 Å². The minimum atomic E-state index is -0.833. The summed E-state index contributed by atoms with van der Waals surface area (Å²) in [6.07, 6.45) is 3.50. The first kappa shape index (κ1) is 51.9. The number of Topliss-reactive ketones (excluding diaryl/α,β-unsaturated/α-hetero) is 1. The van der Waals surface area contributed by atoms with Crippen LogP contribution in [0.3, 0.4) is 0 Å². The number of carboxylic acid groups (broad SMARTS) is 2. The molecule has 2 aromatic heterocycles. The number of carboxylic acids is 2. The quantitative estimate of drug-likeness (QED) is 0.142. The van der Waals surface area contributed by atoms with Gasteiger partial charge in [0.2, 0.25) is 0 Å². The molecule has 0 aliphatic rings. The van der Waals surface area contributed by atoms with Crippen LogP contribution < -0.4 is 51.2 Å². The third-order valence-electron chi connectivity index (χ3n) is 4.59. The zero-order valence-electron chi connectivity index (χ0n) is 31.6. The van der Waals surface area contributed by atoms with E-state index in [1.54, 1.807) is 12.4 Å². The summed E-state index contributed by atoms with van der Waals surface area (Å²) in [5.74, 6) is -0.987. The van der Waals surface area contributed by atoms with Gasteiger partial charge in [0.25, 0.3) is 23.9 Å². The molecule has 7 N–H and O–H groups in total. The number of nitrogens with two attached hydrogens (primary N) is 1. The molecular weight excluding hydrogens is 694 g/mol. The molecule has 0 saturated carbocycles. The zero-order chi connectivity index (χ0) is 39.9. The molecule has 0 atom stereocenters. The van der Waals surface area contributed by atoms with Crippen molar-refractivity contribution in [3.8, 4) is 0 Å². The van der Waals surface area contributed by atoms with Gasteiger partial charge in [0, 0.05) is 57.5 Å². The predicted octanol–water partition coefficient (Wildman–Crippen LogP) is 3.48. The van der Waals surface area contributed by atoms with Crippen molar-refractivity contribution in [1.29, 1.82) is 0 Å². The van der Waals surface area contributed by atoms with Crippen LogP contribution in [-0.4, -0.2) is 63.6 Å². The second-order valence-corrected chi connectivity index (χ2v) is 10.4. The van der Waals surface area contributed by atoms with Crippen LogP contribution in [0.4, 0.5) is 34.4 Å². The summed E-state index contributed by atoms with van der Waals surface area (Å²) in [7, 11) is 0.699. The van der Waals surface area contributed by atoms with Crippen molar-refractivity contribution in [2.45, 2.75) is 61.4 Å². The Hall–Kier alpha value is -5.45. The van der Waals surface area contributed by atoms with Crippen LogP contribution in [0.5, 0.6) is 0 Å². The minimum absolute atomic E-state index is 0. The molecule has 2 radical (unpaired) electrons. The first-order chi connectivity index (χ1) is 24.4. The standard InChI is InChI=1S/C14H17N3.C11H11N3.C4H6BO4.C3H6O.2C2H4O2.Na/c1-11(2)16-13-9-6-10-15-14(13)17-12-7-4-3-5-8-12;12-10-7-4-8-13-11(10)14-9-5-2-1-3-6-9;1-3(6)8-5-9-4(2)7;1-3(2)4;2*1-2(3)4;/h3-11,16H,1-2H3,(H,15,17);1-8H,12H2,(H,13,14);1-2H3;1-2H3;2*1H3,(H,3,4);/q;;-1;;;;+1. The van der Waals surface area contributed by atoms with E-state index in [0.717, 1.165) is 36.7 Å². The summed E-state index contributed by atoms with van der Waals surface area (Å²) >= 11 is 0. The van der Waals surface area contributed by atoms with Crippen molar-refractivity contribution >= 4 is 71.7 Å². The van der Waals surface area contributed by atoms with E-state index in [0.29, 0.717) is 25.2 Å². The third-order valence-corrected chi connectivity index (χ3v) is 4.59. The molecule has 0 saturated heterocycles. The van der Waals surface area contributed by atoms with Gasteiger partial charge in [-0.25, -0.2) is 9.97 Å². The number of aliphatic carboxylic acids is 2. The summed E-state index contributed by atoms with van der Waals surface area (Å²) in [5, 5.41) is 24.6. The topological polar surface area (TPSA) is 232 Å². The van der Waals surface area contributed by atoms with Crippen molar-refractivity contribution in [1.82, 2.24) is 9.97 Å². The number of nitrogens with one attached hydrogen (secondary N) is 3. The second kappa shape index (κ2) is 32.5. The fourth-order valence-corrected chi connectivity index (χ4v) is 2.93. The molecule has 0 fully saturated rings. The number of nitrogen functional groups attached to an aromatic ring is 1.